The highest BCUT2D eigenvalue weighted by Gasteiger charge is 2.47. The van der Waals surface area contributed by atoms with Crippen LogP contribution in [0.4, 0.5) is 5.82 Å². The molecule has 2 aromatic rings. The third-order valence-corrected chi connectivity index (χ3v) is 6.05. The molecule has 0 bridgehead atoms. The van der Waals surface area contributed by atoms with Crippen LogP contribution in [0, 0.1) is 5.41 Å². The molecule has 2 aliphatic rings. The number of rotatable bonds is 4. The van der Waals surface area contributed by atoms with Crippen LogP contribution in [0.5, 0.6) is 0 Å². The number of aromatic amines is 1. The van der Waals surface area contributed by atoms with Crippen LogP contribution < -0.4 is 16.1 Å². The highest BCUT2D eigenvalue weighted by atomic mass is 16.2. The molecule has 1 saturated carbocycles. The van der Waals surface area contributed by atoms with Crippen LogP contribution in [0.25, 0.3) is 0 Å². The lowest BCUT2D eigenvalue weighted by Crippen LogP contribution is -2.55. The van der Waals surface area contributed by atoms with Gasteiger partial charge in [-0.05, 0) is 43.2 Å². The topological polar surface area (TPSA) is 120 Å². The minimum atomic E-state index is -0.389. The van der Waals surface area contributed by atoms with Gasteiger partial charge in [0.15, 0.2) is 0 Å². The summed E-state index contributed by atoms with van der Waals surface area (Å²) >= 11 is 0. The summed E-state index contributed by atoms with van der Waals surface area (Å²) in [6, 6.07) is 3.66. The van der Waals surface area contributed by atoms with Gasteiger partial charge in [0.05, 0.1) is 11.8 Å². The van der Waals surface area contributed by atoms with E-state index in [1.165, 1.54) is 6.20 Å². The normalized spacial score (nSPS) is 18.2. The van der Waals surface area contributed by atoms with Gasteiger partial charge >= 0.3 is 0 Å². The van der Waals surface area contributed by atoms with Crippen molar-refractivity contribution in [3.63, 3.8) is 0 Å². The van der Waals surface area contributed by atoms with Crippen molar-refractivity contribution in [1.29, 1.82) is 0 Å². The fourth-order valence-corrected chi connectivity index (χ4v) is 4.31. The molecule has 1 saturated heterocycles. The fraction of sp³-hybridized carbons (Fsp3) is 0.450. The minimum absolute atomic E-state index is 0.0103. The first-order chi connectivity index (χ1) is 14.0. The van der Waals surface area contributed by atoms with Gasteiger partial charge in [0, 0.05) is 38.6 Å². The van der Waals surface area contributed by atoms with Gasteiger partial charge in [0.2, 0.25) is 5.43 Å². The van der Waals surface area contributed by atoms with E-state index in [0.29, 0.717) is 18.7 Å². The van der Waals surface area contributed by atoms with Crippen molar-refractivity contribution in [2.45, 2.75) is 31.7 Å². The number of anilines is 1. The molecule has 29 heavy (non-hydrogen) atoms. The third kappa shape index (κ3) is 3.85. The molecule has 0 radical (unpaired) electrons. The fourth-order valence-electron chi connectivity index (χ4n) is 4.31. The highest BCUT2D eigenvalue weighted by molar-refractivity contribution is 5.94. The number of hydrogen-bond acceptors (Lipinski definition) is 6. The number of carbonyl (C=O) groups is 2. The van der Waals surface area contributed by atoms with Crippen molar-refractivity contribution in [2.75, 3.05) is 25.5 Å². The van der Waals surface area contributed by atoms with E-state index in [1.54, 1.807) is 25.4 Å². The number of likely N-dealkylation sites (tertiary alicyclic amines) is 1. The van der Waals surface area contributed by atoms with Crippen LogP contribution in [-0.2, 0) is 0 Å². The Morgan fingerprint density at radius 2 is 1.97 bits per heavy atom. The number of carbonyl (C=O) groups excluding carboxylic acids is 2. The quantitative estimate of drug-likeness (QED) is 0.710. The summed E-state index contributed by atoms with van der Waals surface area (Å²) in [5, 5.41) is 12.0. The Labute approximate surface area is 167 Å². The molecule has 3 N–H and O–H groups in total. The summed E-state index contributed by atoms with van der Waals surface area (Å²) < 4.78 is 0. The Hall–Kier alpha value is -3.23. The Morgan fingerprint density at radius 1 is 1.21 bits per heavy atom. The van der Waals surface area contributed by atoms with E-state index in [9.17, 15) is 14.4 Å². The second-order valence-corrected chi connectivity index (χ2v) is 7.86. The minimum Gasteiger partial charge on any atom is -0.373 e. The van der Waals surface area contributed by atoms with E-state index in [-0.39, 0.29) is 34.3 Å². The average Bonchev–Trinajstić information content (AvgIpc) is 2.73. The lowest BCUT2D eigenvalue weighted by atomic mass is 9.60. The number of nitrogens with zero attached hydrogens (tertiary/aromatic N) is 3. The standard InChI is InChI=1S/C20H24N6O3/c1-21-17-3-2-13(10-22-17)19(29)26-6-4-20(5-7-26)8-14(9-20)25-18(28)15-11-23-24-12-16(15)27/h2-3,10-12,14H,4-9H2,1H3,(H,21,22)(H,23,27)(H,25,28). The van der Waals surface area contributed by atoms with Crippen molar-refractivity contribution in [1.82, 2.24) is 25.4 Å². The maximum Gasteiger partial charge on any atom is 0.257 e. The maximum atomic E-state index is 12.7. The molecule has 2 fully saturated rings. The van der Waals surface area contributed by atoms with Crippen LogP contribution >= 0.6 is 0 Å². The van der Waals surface area contributed by atoms with Crippen molar-refractivity contribution in [3.05, 3.63) is 52.1 Å². The molecule has 2 aromatic heterocycles. The first-order valence-electron chi connectivity index (χ1n) is 9.77. The predicted octanol–water partition coefficient (Wildman–Crippen LogP) is 1.02. The zero-order chi connectivity index (χ0) is 20.4. The van der Waals surface area contributed by atoms with Crippen LogP contribution in [0.2, 0.25) is 0 Å². The number of amides is 2. The monoisotopic (exact) mass is 396 g/mol. The van der Waals surface area contributed by atoms with Gasteiger partial charge in [0.25, 0.3) is 11.8 Å². The molecule has 152 valence electrons. The number of pyridine rings is 1. The number of aromatic nitrogens is 3. The second-order valence-electron chi connectivity index (χ2n) is 7.86. The van der Waals surface area contributed by atoms with E-state index < -0.39 is 0 Å². The van der Waals surface area contributed by atoms with Gasteiger partial charge in [0.1, 0.15) is 11.4 Å². The van der Waals surface area contributed by atoms with E-state index in [0.717, 1.165) is 37.7 Å². The molecular weight excluding hydrogens is 372 g/mol. The summed E-state index contributed by atoms with van der Waals surface area (Å²) in [6.45, 7) is 1.41. The van der Waals surface area contributed by atoms with Crippen LogP contribution in [0.3, 0.4) is 0 Å². The zero-order valence-electron chi connectivity index (χ0n) is 16.3. The number of hydrogen-bond donors (Lipinski definition) is 3. The molecule has 3 heterocycles. The first kappa shape index (κ1) is 19.1. The Morgan fingerprint density at radius 3 is 2.59 bits per heavy atom. The van der Waals surface area contributed by atoms with Crippen molar-refractivity contribution >= 4 is 17.6 Å². The van der Waals surface area contributed by atoms with Crippen LogP contribution in [-0.4, -0.2) is 58.1 Å². The second kappa shape index (κ2) is 7.65. The molecule has 9 nitrogen and oxygen atoms in total. The summed E-state index contributed by atoms with van der Waals surface area (Å²) in [6.07, 6.45) is 7.63. The summed E-state index contributed by atoms with van der Waals surface area (Å²) in [4.78, 5) is 42.7. The largest absolute Gasteiger partial charge is 0.373 e. The molecule has 0 unspecified atom stereocenters. The van der Waals surface area contributed by atoms with Crippen LogP contribution in [0.15, 0.2) is 35.5 Å². The smallest absolute Gasteiger partial charge is 0.257 e. The van der Waals surface area contributed by atoms with Gasteiger partial charge in [-0.15, -0.1) is 0 Å². The van der Waals surface area contributed by atoms with Gasteiger partial charge in [-0.25, -0.2) is 4.98 Å². The molecule has 0 atom stereocenters. The van der Waals surface area contributed by atoms with E-state index in [2.05, 4.69) is 25.8 Å². The van der Waals surface area contributed by atoms with Gasteiger partial charge in [-0.3, -0.25) is 19.5 Å². The number of H-pyrrole nitrogens is 1. The Bertz CT molecular complexity index is 955. The molecule has 1 aliphatic heterocycles. The Balaban J connectivity index is 1.28. The molecular formula is C20H24N6O3. The Kier molecular flexibility index (Phi) is 5.04. The van der Waals surface area contributed by atoms with E-state index in [1.807, 2.05) is 4.90 Å². The average molecular weight is 396 g/mol. The van der Waals surface area contributed by atoms with Crippen molar-refractivity contribution in [3.8, 4) is 0 Å². The van der Waals surface area contributed by atoms with E-state index in [4.69, 9.17) is 0 Å². The molecule has 1 spiro atoms. The van der Waals surface area contributed by atoms with Gasteiger partial charge < -0.3 is 15.5 Å². The summed E-state index contributed by atoms with van der Waals surface area (Å²) in [7, 11) is 1.79. The molecule has 1 aliphatic carbocycles. The van der Waals surface area contributed by atoms with Gasteiger partial charge in [-0.2, -0.15) is 5.10 Å². The molecule has 9 heteroatoms. The van der Waals surface area contributed by atoms with Crippen molar-refractivity contribution in [2.24, 2.45) is 5.41 Å². The zero-order valence-corrected chi connectivity index (χ0v) is 16.3. The van der Waals surface area contributed by atoms with Gasteiger partial charge in [-0.1, -0.05) is 0 Å². The lowest BCUT2D eigenvalue weighted by Gasteiger charge is -2.52. The lowest BCUT2D eigenvalue weighted by molar-refractivity contribution is 0.00861. The predicted molar refractivity (Wildman–Crippen MR) is 107 cm³/mol. The summed E-state index contributed by atoms with van der Waals surface area (Å²) in [5.74, 6) is 0.380. The molecule has 0 aromatic carbocycles. The number of piperidine rings is 1. The van der Waals surface area contributed by atoms with Crippen molar-refractivity contribution < 1.29 is 9.59 Å². The number of nitrogens with one attached hydrogen (secondary N) is 3. The first-order valence-corrected chi connectivity index (χ1v) is 9.77. The maximum absolute atomic E-state index is 12.7. The van der Waals surface area contributed by atoms with Crippen LogP contribution in [0.1, 0.15) is 46.4 Å². The highest BCUT2D eigenvalue weighted by Crippen LogP contribution is 2.49. The third-order valence-electron chi connectivity index (χ3n) is 6.05. The molecule has 4 rings (SSSR count). The molecule has 2 amide bonds. The van der Waals surface area contributed by atoms with E-state index >= 15 is 0 Å². The summed E-state index contributed by atoms with van der Waals surface area (Å²) in [5.41, 5.74) is 0.466. The SMILES string of the molecule is CNc1ccc(C(=O)N2CCC3(CC2)CC(NC(=O)c2c[nH]ncc2=O)C3)cn1.